The number of sulfonamides is 1. The molecule has 0 spiro atoms. The Labute approximate surface area is 129 Å². The van der Waals surface area contributed by atoms with Gasteiger partial charge in [0, 0.05) is 21.9 Å². The molecule has 0 aliphatic carbocycles. The molecule has 21 heavy (non-hydrogen) atoms. The fourth-order valence-corrected chi connectivity index (χ4v) is 4.97. The number of nitrogens with two attached hydrogens (primary N) is 1. The van der Waals surface area contributed by atoms with Crippen molar-refractivity contribution in [1.82, 2.24) is 4.72 Å². The molecule has 0 saturated heterocycles. The Balaban J connectivity index is 2.35. The Kier molecular flexibility index (Phi) is 4.57. The van der Waals surface area contributed by atoms with Gasteiger partial charge in [-0.05, 0) is 39.8 Å². The highest BCUT2D eigenvalue weighted by Gasteiger charge is 2.28. The minimum Gasteiger partial charge on any atom is -0.465 e. The van der Waals surface area contributed by atoms with Crippen LogP contribution in [0.15, 0.2) is 21.4 Å². The van der Waals surface area contributed by atoms with E-state index in [1.54, 1.807) is 25.2 Å². The molecule has 0 saturated carbocycles. The van der Waals surface area contributed by atoms with Gasteiger partial charge in [0.15, 0.2) is 0 Å². The van der Waals surface area contributed by atoms with Crippen molar-refractivity contribution in [2.45, 2.75) is 45.2 Å². The highest BCUT2D eigenvalue weighted by atomic mass is 32.2. The van der Waals surface area contributed by atoms with Crippen LogP contribution in [0.4, 0.5) is 0 Å². The maximum atomic E-state index is 12.6. The van der Waals surface area contributed by atoms with Crippen molar-refractivity contribution in [2.75, 3.05) is 0 Å². The third-order valence-corrected chi connectivity index (χ3v) is 6.24. The van der Waals surface area contributed by atoms with Gasteiger partial charge in [-0.3, -0.25) is 0 Å². The van der Waals surface area contributed by atoms with E-state index in [0.717, 1.165) is 9.75 Å². The molecule has 7 heteroatoms. The first kappa shape index (κ1) is 16.2. The summed E-state index contributed by atoms with van der Waals surface area (Å²) in [6.07, 6.45) is 0. The van der Waals surface area contributed by atoms with E-state index in [-0.39, 0.29) is 17.5 Å². The Morgan fingerprint density at radius 1 is 1.29 bits per heavy atom. The zero-order valence-electron chi connectivity index (χ0n) is 12.6. The monoisotopic (exact) mass is 328 g/mol. The van der Waals surface area contributed by atoms with Gasteiger partial charge in [0.25, 0.3) is 0 Å². The van der Waals surface area contributed by atoms with E-state index in [2.05, 4.69) is 4.72 Å². The summed E-state index contributed by atoms with van der Waals surface area (Å²) >= 11 is 1.58. The van der Waals surface area contributed by atoms with E-state index >= 15 is 0 Å². The summed E-state index contributed by atoms with van der Waals surface area (Å²) in [5, 5.41) is 0. The van der Waals surface area contributed by atoms with E-state index in [1.807, 2.05) is 26.0 Å². The van der Waals surface area contributed by atoms with Gasteiger partial charge in [-0.15, -0.1) is 11.3 Å². The molecule has 0 aliphatic heterocycles. The number of rotatable bonds is 5. The first-order valence-corrected chi connectivity index (χ1v) is 8.93. The maximum absolute atomic E-state index is 12.6. The van der Waals surface area contributed by atoms with Crippen molar-refractivity contribution in [2.24, 2.45) is 5.73 Å². The van der Waals surface area contributed by atoms with Crippen LogP contribution in [-0.2, 0) is 16.6 Å². The van der Waals surface area contributed by atoms with E-state index in [1.165, 1.54) is 0 Å². The second-order valence-electron chi connectivity index (χ2n) is 5.02. The zero-order chi connectivity index (χ0) is 15.8. The molecule has 0 aliphatic rings. The molecule has 2 aromatic heterocycles. The summed E-state index contributed by atoms with van der Waals surface area (Å²) in [7, 11) is -3.67. The predicted octanol–water partition coefficient (Wildman–Crippen LogP) is 2.76. The van der Waals surface area contributed by atoms with Gasteiger partial charge >= 0.3 is 0 Å². The molecule has 2 heterocycles. The molecule has 3 N–H and O–H groups in total. The van der Waals surface area contributed by atoms with Crippen molar-refractivity contribution in [3.63, 3.8) is 0 Å². The topological polar surface area (TPSA) is 85.3 Å². The third kappa shape index (κ3) is 3.21. The quantitative estimate of drug-likeness (QED) is 0.884. The number of hydrogen-bond acceptors (Lipinski definition) is 5. The average molecular weight is 328 g/mol. The highest BCUT2D eigenvalue weighted by Crippen LogP contribution is 2.29. The number of nitrogens with one attached hydrogen (secondary N) is 1. The van der Waals surface area contributed by atoms with Crippen LogP contribution in [0, 0.1) is 20.8 Å². The third-order valence-electron chi connectivity index (χ3n) is 3.32. The van der Waals surface area contributed by atoms with Gasteiger partial charge in [-0.1, -0.05) is 0 Å². The number of furan rings is 1. The maximum Gasteiger partial charge on any atom is 0.244 e. The lowest BCUT2D eigenvalue weighted by Gasteiger charge is -2.13. The van der Waals surface area contributed by atoms with Crippen molar-refractivity contribution in [3.05, 3.63) is 39.0 Å². The Bertz CT molecular complexity index is 744. The molecule has 2 rings (SSSR count). The Morgan fingerprint density at radius 2 is 1.95 bits per heavy atom. The largest absolute Gasteiger partial charge is 0.465 e. The lowest BCUT2D eigenvalue weighted by atomic mass is 10.2. The molecule has 1 atom stereocenters. The van der Waals surface area contributed by atoms with Crippen molar-refractivity contribution >= 4 is 21.4 Å². The zero-order valence-corrected chi connectivity index (χ0v) is 14.2. The molecule has 0 radical (unpaired) electrons. The fourth-order valence-electron chi connectivity index (χ4n) is 2.33. The van der Waals surface area contributed by atoms with E-state index in [4.69, 9.17) is 10.2 Å². The minimum atomic E-state index is -3.67. The smallest absolute Gasteiger partial charge is 0.244 e. The van der Waals surface area contributed by atoms with Crippen LogP contribution in [0.1, 0.15) is 39.8 Å². The molecule has 0 aromatic carbocycles. The van der Waals surface area contributed by atoms with Gasteiger partial charge in [-0.25, -0.2) is 13.1 Å². The summed E-state index contributed by atoms with van der Waals surface area (Å²) in [4.78, 5) is 2.29. The molecule has 0 bridgehead atoms. The summed E-state index contributed by atoms with van der Waals surface area (Å²) in [6, 6.07) is 3.61. The van der Waals surface area contributed by atoms with Gasteiger partial charge < -0.3 is 10.2 Å². The SMILES string of the molecule is Cc1ccc(C(C)NS(=O)(=O)c2c(C)oc(C)c2CN)s1. The van der Waals surface area contributed by atoms with E-state index in [0.29, 0.717) is 17.1 Å². The summed E-state index contributed by atoms with van der Waals surface area (Å²) in [5.74, 6) is 0.921. The molecule has 2 aromatic rings. The van der Waals surface area contributed by atoms with Gasteiger partial charge in [-0.2, -0.15) is 0 Å². The van der Waals surface area contributed by atoms with Crippen LogP contribution < -0.4 is 10.5 Å². The standard InChI is InChI=1S/C14H20N2O3S2/c1-8-5-6-13(20-8)9(2)16-21(17,18)14-11(4)19-10(3)12(14)7-15/h5-6,9,16H,7,15H2,1-4H3. The number of hydrogen-bond donors (Lipinski definition) is 2. The molecule has 0 amide bonds. The molecular weight excluding hydrogens is 308 g/mol. The molecule has 1 unspecified atom stereocenters. The summed E-state index contributed by atoms with van der Waals surface area (Å²) < 4.78 is 33.3. The summed E-state index contributed by atoms with van der Waals surface area (Å²) in [5.41, 5.74) is 6.19. The van der Waals surface area contributed by atoms with Crippen molar-refractivity contribution in [3.8, 4) is 0 Å². The van der Waals surface area contributed by atoms with Crippen LogP contribution in [0.2, 0.25) is 0 Å². The van der Waals surface area contributed by atoms with Gasteiger partial charge in [0.05, 0.1) is 6.04 Å². The Morgan fingerprint density at radius 3 is 2.48 bits per heavy atom. The lowest BCUT2D eigenvalue weighted by Crippen LogP contribution is -2.27. The summed E-state index contributed by atoms with van der Waals surface area (Å²) in [6.45, 7) is 7.31. The lowest BCUT2D eigenvalue weighted by molar-refractivity contribution is 0.493. The Hall–Kier alpha value is -1.15. The molecule has 5 nitrogen and oxygen atoms in total. The molecule has 116 valence electrons. The van der Waals surface area contributed by atoms with Crippen molar-refractivity contribution in [1.29, 1.82) is 0 Å². The van der Waals surface area contributed by atoms with Crippen LogP contribution in [0.25, 0.3) is 0 Å². The van der Waals surface area contributed by atoms with Gasteiger partial charge in [0.2, 0.25) is 10.0 Å². The highest BCUT2D eigenvalue weighted by molar-refractivity contribution is 7.89. The predicted molar refractivity (Wildman–Crippen MR) is 83.9 cm³/mol. The minimum absolute atomic E-state index is 0.131. The van der Waals surface area contributed by atoms with Crippen LogP contribution in [-0.4, -0.2) is 8.42 Å². The van der Waals surface area contributed by atoms with E-state index in [9.17, 15) is 8.42 Å². The number of thiophene rings is 1. The molecule has 0 fully saturated rings. The normalized spacial score (nSPS) is 13.6. The average Bonchev–Trinajstić information content (AvgIpc) is 2.92. The fraction of sp³-hybridized carbons (Fsp3) is 0.429. The first-order chi connectivity index (χ1) is 9.76. The molecular formula is C14H20N2O3S2. The second-order valence-corrected chi connectivity index (χ2v) is 7.99. The van der Waals surface area contributed by atoms with Crippen molar-refractivity contribution < 1.29 is 12.8 Å². The number of aryl methyl sites for hydroxylation is 3. The van der Waals surface area contributed by atoms with Crippen LogP contribution >= 0.6 is 11.3 Å². The van der Waals surface area contributed by atoms with Crippen LogP contribution in [0.3, 0.4) is 0 Å². The van der Waals surface area contributed by atoms with E-state index < -0.39 is 10.0 Å². The van der Waals surface area contributed by atoms with Crippen LogP contribution in [0.5, 0.6) is 0 Å². The first-order valence-electron chi connectivity index (χ1n) is 6.64. The second kappa shape index (κ2) is 5.92. The van der Waals surface area contributed by atoms with Gasteiger partial charge in [0.1, 0.15) is 16.4 Å².